The third kappa shape index (κ3) is 1.07. The smallest absolute Gasteiger partial charge is 0.324 e. The number of carbonyl (C=O) groups is 2. The Balaban J connectivity index is 1.83. The molecule has 0 radical (unpaired) electrons. The zero-order valence-corrected chi connectivity index (χ0v) is 11.3. The summed E-state index contributed by atoms with van der Waals surface area (Å²) in [4.78, 5) is 25.2. The van der Waals surface area contributed by atoms with Crippen molar-refractivity contribution in [2.45, 2.75) is 38.9 Å². The van der Waals surface area contributed by atoms with Crippen molar-refractivity contribution in [3.63, 3.8) is 0 Å². The minimum Gasteiger partial charge on any atom is -0.460 e. The van der Waals surface area contributed by atoms with Crippen LogP contribution < -0.4 is 0 Å². The first-order valence-corrected chi connectivity index (χ1v) is 6.98. The zero-order chi connectivity index (χ0) is 13.6. The molecule has 6 atom stereocenters. The third-order valence-electron chi connectivity index (χ3n) is 6.18. The van der Waals surface area contributed by atoms with E-state index in [-0.39, 0.29) is 36.3 Å². The highest BCUT2D eigenvalue weighted by Crippen LogP contribution is 2.65. The minimum absolute atomic E-state index is 0.0268. The Kier molecular flexibility index (Phi) is 1.91. The summed E-state index contributed by atoms with van der Waals surface area (Å²) < 4.78 is 10.8. The van der Waals surface area contributed by atoms with Gasteiger partial charge >= 0.3 is 5.97 Å². The summed E-state index contributed by atoms with van der Waals surface area (Å²) in [5.74, 6) is 0.0318. The minimum atomic E-state index is -1.05. The quantitative estimate of drug-likeness (QED) is 0.287. The van der Waals surface area contributed by atoms with Gasteiger partial charge in [0.2, 0.25) is 0 Å². The summed E-state index contributed by atoms with van der Waals surface area (Å²) in [6, 6.07) is 0. The number of ether oxygens (including phenoxy) is 2. The van der Waals surface area contributed by atoms with Gasteiger partial charge in [-0.3, -0.25) is 9.59 Å². The molecule has 2 aliphatic carbocycles. The maximum Gasteiger partial charge on any atom is 0.324 e. The molecule has 0 aromatic carbocycles. The van der Waals surface area contributed by atoms with Crippen LogP contribution in [-0.4, -0.2) is 30.6 Å². The van der Waals surface area contributed by atoms with E-state index in [1.165, 1.54) is 0 Å². The van der Waals surface area contributed by atoms with Gasteiger partial charge in [0, 0.05) is 5.41 Å². The van der Waals surface area contributed by atoms with Gasteiger partial charge in [-0.05, 0) is 30.3 Å². The molecule has 0 amide bonds. The molecule has 4 rings (SSSR count). The van der Waals surface area contributed by atoms with Gasteiger partial charge in [0.1, 0.15) is 6.61 Å². The Morgan fingerprint density at radius 2 is 2.11 bits per heavy atom. The standard InChI is InChI=1S/C15H18O4/c1-7-6-18-13(17)15(7)5-9-4-10-11(19-10)8(2)14(9,3)12(15)16/h8-11H,1,4-6H2,2-3H3/t8-,9-,10+,11-,14-,15-/m1/s1. The van der Waals surface area contributed by atoms with E-state index in [0.29, 0.717) is 18.1 Å². The number of carbonyl (C=O) groups excluding carboxylic acids is 2. The molecule has 2 saturated carbocycles. The second-order valence-electron chi connectivity index (χ2n) is 6.76. The number of hydrogen-bond donors (Lipinski definition) is 0. The maximum atomic E-state index is 13.1. The van der Waals surface area contributed by atoms with Crippen molar-refractivity contribution in [2.75, 3.05) is 6.61 Å². The Bertz CT molecular complexity index is 506. The molecule has 0 unspecified atom stereocenters. The number of ketones is 1. The van der Waals surface area contributed by atoms with Gasteiger partial charge in [0.25, 0.3) is 0 Å². The lowest BCUT2D eigenvalue weighted by atomic mass is 9.62. The summed E-state index contributed by atoms with van der Waals surface area (Å²) in [7, 11) is 0. The summed E-state index contributed by atoms with van der Waals surface area (Å²) in [6.45, 7) is 8.23. The third-order valence-corrected chi connectivity index (χ3v) is 6.18. The van der Waals surface area contributed by atoms with Gasteiger partial charge in [0.15, 0.2) is 11.2 Å². The summed E-state index contributed by atoms with van der Waals surface area (Å²) in [5.41, 5.74) is -0.867. The first kappa shape index (κ1) is 11.6. The van der Waals surface area contributed by atoms with Crippen LogP contribution in [0.3, 0.4) is 0 Å². The highest BCUT2D eigenvalue weighted by Gasteiger charge is 2.73. The van der Waals surface area contributed by atoms with Crippen LogP contribution in [0.2, 0.25) is 0 Å². The fraction of sp³-hybridized carbons (Fsp3) is 0.733. The van der Waals surface area contributed by atoms with Gasteiger partial charge in [-0.2, -0.15) is 0 Å². The predicted molar refractivity (Wildman–Crippen MR) is 66.2 cm³/mol. The van der Waals surface area contributed by atoms with Crippen molar-refractivity contribution >= 4 is 11.8 Å². The van der Waals surface area contributed by atoms with E-state index in [2.05, 4.69) is 13.5 Å². The van der Waals surface area contributed by atoms with Crippen molar-refractivity contribution in [3.8, 4) is 0 Å². The van der Waals surface area contributed by atoms with Crippen LogP contribution in [0.5, 0.6) is 0 Å². The molecule has 4 aliphatic rings. The molecule has 4 heteroatoms. The number of cyclic esters (lactones) is 1. The number of fused-ring (bicyclic) bond motifs is 2. The molecule has 2 heterocycles. The first-order valence-electron chi connectivity index (χ1n) is 6.98. The number of epoxide rings is 1. The number of Topliss-reactive ketones (excluding diaryl/α,β-unsaturated/α-hetero) is 1. The van der Waals surface area contributed by atoms with Gasteiger partial charge < -0.3 is 9.47 Å². The number of esters is 1. The molecular formula is C15H18O4. The van der Waals surface area contributed by atoms with E-state index in [9.17, 15) is 9.59 Å². The Labute approximate surface area is 112 Å². The average Bonchev–Trinajstić information content (AvgIpc) is 3.05. The fourth-order valence-electron chi connectivity index (χ4n) is 4.66. The van der Waals surface area contributed by atoms with E-state index < -0.39 is 10.8 Å². The van der Waals surface area contributed by atoms with Crippen molar-refractivity contribution in [3.05, 3.63) is 12.2 Å². The lowest BCUT2D eigenvalue weighted by Gasteiger charge is -2.38. The monoisotopic (exact) mass is 262 g/mol. The van der Waals surface area contributed by atoms with Crippen LogP contribution >= 0.6 is 0 Å². The molecule has 4 fully saturated rings. The summed E-state index contributed by atoms with van der Waals surface area (Å²) >= 11 is 0. The van der Waals surface area contributed by atoms with Gasteiger partial charge in [-0.1, -0.05) is 20.4 Å². The van der Waals surface area contributed by atoms with Crippen molar-refractivity contribution in [1.82, 2.24) is 0 Å². The maximum absolute atomic E-state index is 13.1. The molecule has 2 saturated heterocycles. The lowest BCUT2D eigenvalue weighted by Crippen LogP contribution is -2.46. The van der Waals surface area contributed by atoms with Gasteiger partial charge in [-0.25, -0.2) is 0 Å². The molecule has 0 N–H and O–H groups in total. The van der Waals surface area contributed by atoms with Crippen LogP contribution in [0.4, 0.5) is 0 Å². The second-order valence-corrected chi connectivity index (χ2v) is 6.76. The molecular weight excluding hydrogens is 244 g/mol. The highest BCUT2D eigenvalue weighted by molar-refractivity contribution is 6.12. The summed E-state index contributed by atoms with van der Waals surface area (Å²) in [5, 5.41) is 0. The van der Waals surface area contributed by atoms with Crippen molar-refractivity contribution in [2.24, 2.45) is 22.7 Å². The van der Waals surface area contributed by atoms with Crippen LogP contribution in [-0.2, 0) is 19.1 Å². The van der Waals surface area contributed by atoms with Crippen molar-refractivity contribution in [1.29, 1.82) is 0 Å². The van der Waals surface area contributed by atoms with Crippen LogP contribution in [0, 0.1) is 22.7 Å². The molecule has 0 bridgehead atoms. The molecule has 102 valence electrons. The van der Waals surface area contributed by atoms with E-state index >= 15 is 0 Å². The summed E-state index contributed by atoms with van der Waals surface area (Å²) in [6.07, 6.45) is 1.95. The van der Waals surface area contributed by atoms with E-state index in [1.54, 1.807) is 0 Å². The highest BCUT2D eigenvalue weighted by atomic mass is 16.6. The van der Waals surface area contributed by atoms with Crippen LogP contribution in [0.25, 0.3) is 0 Å². The Morgan fingerprint density at radius 1 is 1.37 bits per heavy atom. The van der Waals surface area contributed by atoms with Gasteiger partial charge in [0.05, 0.1) is 12.2 Å². The molecule has 4 nitrogen and oxygen atoms in total. The fourth-order valence-corrected chi connectivity index (χ4v) is 4.66. The SMILES string of the molecule is C=C1COC(=O)[C@]12C[C@H]1C[C@@H]3O[C@@H]3[C@@H](C)[C@@]1(C)C2=O. The molecule has 1 spiro atoms. The normalized spacial score (nSPS) is 55.2. The Hall–Kier alpha value is -1.16. The number of rotatable bonds is 0. The average molecular weight is 262 g/mol. The lowest BCUT2D eigenvalue weighted by molar-refractivity contribution is -0.151. The van der Waals surface area contributed by atoms with Gasteiger partial charge in [-0.15, -0.1) is 0 Å². The predicted octanol–water partition coefficient (Wildman–Crippen LogP) is 1.49. The second kappa shape index (κ2) is 3.11. The topological polar surface area (TPSA) is 55.9 Å². The van der Waals surface area contributed by atoms with E-state index in [4.69, 9.17) is 9.47 Å². The van der Waals surface area contributed by atoms with E-state index in [1.807, 2.05) is 6.92 Å². The molecule has 19 heavy (non-hydrogen) atoms. The largest absolute Gasteiger partial charge is 0.460 e. The van der Waals surface area contributed by atoms with Crippen LogP contribution in [0.15, 0.2) is 12.2 Å². The molecule has 0 aromatic rings. The molecule has 2 aliphatic heterocycles. The first-order chi connectivity index (χ1) is 8.92. The Morgan fingerprint density at radius 3 is 2.74 bits per heavy atom. The molecule has 0 aromatic heterocycles. The zero-order valence-electron chi connectivity index (χ0n) is 11.3. The number of hydrogen-bond acceptors (Lipinski definition) is 4. The van der Waals surface area contributed by atoms with Crippen molar-refractivity contribution < 1.29 is 19.1 Å². The van der Waals surface area contributed by atoms with Crippen LogP contribution in [0.1, 0.15) is 26.7 Å². The van der Waals surface area contributed by atoms with E-state index in [0.717, 1.165) is 6.42 Å².